The quantitative estimate of drug-likeness (QED) is 0.136. The van der Waals surface area contributed by atoms with E-state index in [-0.39, 0.29) is 28.0 Å². The third-order valence-corrected chi connectivity index (χ3v) is 13.3. The maximum atomic E-state index is 7.78. The van der Waals surface area contributed by atoms with Crippen molar-refractivity contribution in [3.8, 4) is 0 Å². The van der Waals surface area contributed by atoms with Crippen LogP contribution in [0.4, 0.5) is 5.82 Å². The van der Waals surface area contributed by atoms with Gasteiger partial charge in [-0.05, 0) is 38.8 Å². The third kappa shape index (κ3) is 6.67. The van der Waals surface area contributed by atoms with Crippen LogP contribution in [0.2, 0.25) is 10.1 Å². The highest BCUT2D eigenvalue weighted by Crippen LogP contribution is 2.65. The van der Waals surface area contributed by atoms with Crippen molar-refractivity contribution in [2.45, 2.75) is 75.3 Å². The monoisotopic (exact) mass is 725 g/mol. The third-order valence-electron chi connectivity index (χ3n) is 10.4. The van der Waals surface area contributed by atoms with Crippen LogP contribution in [0, 0.1) is 11.8 Å². The highest BCUT2D eigenvalue weighted by Gasteiger charge is 2.64. The first-order valence-corrected chi connectivity index (χ1v) is 20.9. The number of nitrogen functional groups attached to an aromatic ring is 1. The van der Waals surface area contributed by atoms with E-state index >= 15 is 0 Å². The lowest BCUT2D eigenvalue weighted by atomic mass is 9.51. The fourth-order valence-corrected chi connectivity index (χ4v) is 10.5. The molecule has 0 spiro atoms. The van der Waals surface area contributed by atoms with Crippen LogP contribution in [0.5, 0.6) is 0 Å². The van der Waals surface area contributed by atoms with Crippen molar-refractivity contribution < 1.29 is 8.85 Å². The largest absolute Gasteiger partial charge is 0.410 e. The van der Waals surface area contributed by atoms with Crippen LogP contribution < -0.4 is 5.73 Å². The maximum absolute atomic E-state index is 7.78. The van der Waals surface area contributed by atoms with Gasteiger partial charge in [0, 0.05) is 17.9 Å². The zero-order valence-corrected chi connectivity index (χ0v) is 34.1. The standard InChI is InChI=1S/C43H51N5O2Si2/c1-40(2,3)51-49-42(30-19-11-7-12-20-30,31-21-13-8-14-22-31)34-27-35(48-29-47-37-38(44)45-28-46-39(37)48)36(34)43(50-52-41(4,5)6,32-23-15-9-16-24-32)33-25-17-10-18-26-33/h7-26,28-29,34-36H,27,51-52H2,1-6H3,(H2,44,45,46)/t34-,35-,36+/m0/s1. The van der Waals surface area contributed by atoms with Crippen molar-refractivity contribution in [1.82, 2.24) is 19.5 Å². The predicted molar refractivity (Wildman–Crippen MR) is 216 cm³/mol. The maximum Gasteiger partial charge on any atom is 0.168 e. The Morgan fingerprint density at radius 1 is 0.596 bits per heavy atom. The van der Waals surface area contributed by atoms with Crippen molar-refractivity contribution in [3.63, 3.8) is 0 Å². The minimum Gasteiger partial charge on any atom is -0.410 e. The second-order valence-corrected chi connectivity index (χ2v) is 22.0. The molecule has 1 saturated carbocycles. The molecular formula is C43H51N5O2Si2. The molecule has 3 atom stereocenters. The van der Waals surface area contributed by atoms with E-state index in [9.17, 15) is 0 Å². The van der Waals surface area contributed by atoms with Crippen molar-refractivity contribution in [2.24, 2.45) is 11.8 Å². The highest BCUT2D eigenvalue weighted by molar-refractivity contribution is 6.32. The Labute approximate surface area is 312 Å². The Morgan fingerprint density at radius 3 is 1.46 bits per heavy atom. The molecule has 2 aromatic heterocycles. The van der Waals surface area contributed by atoms with Gasteiger partial charge in [-0.1, -0.05) is 163 Å². The summed E-state index contributed by atoms with van der Waals surface area (Å²) in [6.45, 7) is 13.8. The lowest BCUT2D eigenvalue weighted by Crippen LogP contribution is -2.61. The lowest BCUT2D eigenvalue weighted by Gasteiger charge is -2.61. The van der Waals surface area contributed by atoms with Gasteiger partial charge in [0.25, 0.3) is 0 Å². The first kappa shape index (κ1) is 36.0. The van der Waals surface area contributed by atoms with Crippen LogP contribution in [-0.4, -0.2) is 39.0 Å². The predicted octanol–water partition coefficient (Wildman–Crippen LogP) is 8.11. The Kier molecular flexibility index (Phi) is 9.82. The molecule has 2 N–H and O–H groups in total. The number of hydrogen-bond acceptors (Lipinski definition) is 6. The fraction of sp³-hybridized carbons (Fsp3) is 0.326. The second kappa shape index (κ2) is 14.2. The molecule has 0 radical (unpaired) electrons. The summed E-state index contributed by atoms with van der Waals surface area (Å²) in [6, 6.07) is 43.5. The number of anilines is 1. The van der Waals surface area contributed by atoms with Gasteiger partial charge < -0.3 is 19.2 Å². The average molecular weight is 726 g/mol. The van der Waals surface area contributed by atoms with Gasteiger partial charge in [0.2, 0.25) is 0 Å². The van der Waals surface area contributed by atoms with Gasteiger partial charge in [-0.2, -0.15) is 0 Å². The lowest BCUT2D eigenvalue weighted by molar-refractivity contribution is -0.143. The number of rotatable bonds is 11. The summed E-state index contributed by atoms with van der Waals surface area (Å²) in [6.07, 6.45) is 4.26. The van der Waals surface area contributed by atoms with Gasteiger partial charge in [0.05, 0.1) is 6.33 Å². The molecule has 7 rings (SSSR count). The molecular weight excluding hydrogens is 675 g/mol. The van der Waals surface area contributed by atoms with Gasteiger partial charge in [-0.25, -0.2) is 15.0 Å². The summed E-state index contributed by atoms with van der Waals surface area (Å²) in [5.41, 5.74) is 10.8. The van der Waals surface area contributed by atoms with Crippen LogP contribution in [-0.2, 0) is 20.1 Å². The van der Waals surface area contributed by atoms with Crippen molar-refractivity contribution in [2.75, 3.05) is 5.73 Å². The van der Waals surface area contributed by atoms with E-state index in [1.807, 2.05) is 6.33 Å². The summed E-state index contributed by atoms with van der Waals surface area (Å²) in [5.74, 6) is 0.255. The fourth-order valence-electron chi connectivity index (χ4n) is 8.08. The zero-order chi connectivity index (χ0) is 36.6. The molecule has 1 aliphatic carbocycles. The normalized spacial score (nSPS) is 18.8. The highest BCUT2D eigenvalue weighted by atomic mass is 28.2. The van der Waals surface area contributed by atoms with Crippen molar-refractivity contribution in [1.29, 1.82) is 0 Å². The van der Waals surface area contributed by atoms with Crippen molar-refractivity contribution >= 4 is 36.5 Å². The average Bonchev–Trinajstić information content (AvgIpc) is 3.56. The minimum absolute atomic E-state index is 0.0110. The zero-order valence-electron chi connectivity index (χ0n) is 31.2. The molecule has 52 heavy (non-hydrogen) atoms. The molecule has 9 heteroatoms. The Morgan fingerprint density at radius 2 is 1.02 bits per heavy atom. The van der Waals surface area contributed by atoms with E-state index in [0.29, 0.717) is 11.3 Å². The number of nitrogens with two attached hydrogens (primary N) is 1. The van der Waals surface area contributed by atoms with Gasteiger partial charge >= 0.3 is 0 Å². The van der Waals surface area contributed by atoms with Crippen LogP contribution in [0.3, 0.4) is 0 Å². The van der Waals surface area contributed by atoms with Gasteiger partial charge in [-0.3, -0.25) is 0 Å². The molecule has 0 aliphatic heterocycles. The first-order valence-electron chi connectivity index (χ1n) is 18.4. The number of imidazole rings is 1. The number of aromatic nitrogens is 4. The molecule has 1 fully saturated rings. The van der Waals surface area contributed by atoms with Crippen LogP contribution >= 0.6 is 0 Å². The van der Waals surface area contributed by atoms with Crippen LogP contribution in [0.1, 0.15) is 76.3 Å². The smallest absolute Gasteiger partial charge is 0.168 e. The summed E-state index contributed by atoms with van der Waals surface area (Å²) < 4.78 is 17.7. The molecule has 0 unspecified atom stereocenters. The molecule has 7 nitrogen and oxygen atoms in total. The molecule has 268 valence electrons. The Balaban J connectivity index is 1.57. The number of fused-ring (bicyclic) bond motifs is 1. The molecule has 0 amide bonds. The number of benzene rings is 4. The van der Waals surface area contributed by atoms with Gasteiger partial charge in [-0.15, -0.1) is 0 Å². The van der Waals surface area contributed by atoms with Crippen LogP contribution in [0.15, 0.2) is 134 Å². The summed E-state index contributed by atoms with van der Waals surface area (Å²) in [7, 11) is -2.21. The number of nitrogens with zero attached hydrogens (tertiary/aromatic N) is 4. The molecule has 0 saturated heterocycles. The van der Waals surface area contributed by atoms with E-state index in [1.54, 1.807) is 6.33 Å². The molecule has 0 bridgehead atoms. The van der Waals surface area contributed by atoms with Gasteiger partial charge in [0.1, 0.15) is 23.0 Å². The summed E-state index contributed by atoms with van der Waals surface area (Å²) in [5, 5.41) is 0.0760. The molecule has 6 aromatic rings. The summed E-state index contributed by atoms with van der Waals surface area (Å²) in [4.78, 5) is 13.9. The Bertz CT molecular complexity index is 2000. The first-order chi connectivity index (χ1) is 24.9. The van der Waals surface area contributed by atoms with Gasteiger partial charge in [0.15, 0.2) is 31.0 Å². The minimum atomic E-state index is -1.13. The second-order valence-electron chi connectivity index (χ2n) is 16.7. The molecule has 1 aliphatic rings. The molecule has 2 heterocycles. The van der Waals surface area contributed by atoms with E-state index in [2.05, 4.69) is 172 Å². The molecule has 4 aromatic carbocycles. The van der Waals surface area contributed by atoms with E-state index in [4.69, 9.17) is 24.6 Å². The van der Waals surface area contributed by atoms with E-state index in [1.165, 1.54) is 0 Å². The van der Waals surface area contributed by atoms with E-state index in [0.717, 1.165) is 34.3 Å². The number of hydrogen-bond donors (Lipinski definition) is 1. The SMILES string of the molecule is CC(C)(C)[SiH2]OC(c1ccccc1)(c1ccccc1)[C@H]1[C@@H](n2cnc3c(N)ncnc32)C[C@@H]1C(O[SiH2]C(C)(C)C)(c1ccccc1)c1ccccc1. The van der Waals surface area contributed by atoms with E-state index < -0.39 is 30.7 Å². The van der Waals surface area contributed by atoms with Crippen molar-refractivity contribution in [3.05, 3.63) is 156 Å². The Hall–Kier alpha value is -4.42. The van der Waals surface area contributed by atoms with Crippen LogP contribution in [0.25, 0.3) is 11.2 Å². The summed E-state index contributed by atoms with van der Waals surface area (Å²) >= 11 is 0. The topological polar surface area (TPSA) is 88.1 Å².